The summed E-state index contributed by atoms with van der Waals surface area (Å²) in [5.41, 5.74) is -2.63. The Kier molecular flexibility index (Phi) is 7.40. The highest BCUT2D eigenvalue weighted by Crippen LogP contribution is 2.48. The van der Waals surface area contributed by atoms with Gasteiger partial charge in [0.25, 0.3) is 10.0 Å². The molecule has 1 aliphatic carbocycles. The Morgan fingerprint density at radius 3 is 1.97 bits per heavy atom. The SMILES string of the molecule is CC(C)(C)OC(=O)N(C1CCCCC1)S(=O)(=O)c1cccc(C(N)(C(F)(F)F)C(F)(F)F)c1. The van der Waals surface area contributed by atoms with Crippen LogP contribution in [0.15, 0.2) is 29.2 Å². The van der Waals surface area contributed by atoms with Crippen LogP contribution in [0.25, 0.3) is 0 Å². The lowest BCUT2D eigenvalue weighted by Gasteiger charge is -2.36. The zero-order chi connectivity index (χ0) is 25.5. The summed E-state index contributed by atoms with van der Waals surface area (Å²) in [6, 6.07) is 1.33. The molecule has 1 aromatic carbocycles. The zero-order valence-corrected chi connectivity index (χ0v) is 19.1. The van der Waals surface area contributed by atoms with Crippen LogP contribution in [0.4, 0.5) is 31.1 Å². The molecule has 0 saturated heterocycles. The minimum absolute atomic E-state index is 0.205. The molecular formula is C20H26F6N2O4S. The van der Waals surface area contributed by atoms with Gasteiger partial charge in [-0.05, 0) is 51.3 Å². The standard InChI is InChI=1S/C20H26F6N2O4S/c1-17(2,3)32-16(29)28(14-9-5-4-6-10-14)33(30,31)15-11-7-8-13(12-15)18(27,19(21,22)23)20(24,25)26/h7-8,11-12,14H,4-6,9-10,27H2,1-3H3. The van der Waals surface area contributed by atoms with E-state index >= 15 is 0 Å². The van der Waals surface area contributed by atoms with Crippen LogP contribution in [0, 0.1) is 0 Å². The Balaban J connectivity index is 2.63. The average molecular weight is 504 g/mol. The monoisotopic (exact) mass is 504 g/mol. The van der Waals surface area contributed by atoms with Gasteiger partial charge in [-0.25, -0.2) is 13.2 Å². The molecule has 1 amide bonds. The first-order chi connectivity index (χ1) is 14.8. The van der Waals surface area contributed by atoms with E-state index in [0.29, 0.717) is 23.2 Å². The van der Waals surface area contributed by atoms with Crippen molar-refractivity contribution in [2.75, 3.05) is 0 Å². The van der Waals surface area contributed by atoms with Crippen LogP contribution in [-0.2, 0) is 20.3 Å². The highest BCUT2D eigenvalue weighted by atomic mass is 32.2. The van der Waals surface area contributed by atoms with Gasteiger partial charge in [-0.1, -0.05) is 31.4 Å². The van der Waals surface area contributed by atoms with Crippen molar-refractivity contribution in [3.63, 3.8) is 0 Å². The number of rotatable bonds is 4. The predicted octanol–water partition coefficient (Wildman–Crippen LogP) is 5.22. The second kappa shape index (κ2) is 8.97. The fraction of sp³-hybridized carbons (Fsp3) is 0.650. The molecular weight excluding hydrogens is 478 g/mol. The Morgan fingerprint density at radius 1 is 1.00 bits per heavy atom. The van der Waals surface area contributed by atoms with Crippen molar-refractivity contribution in [2.24, 2.45) is 5.73 Å². The van der Waals surface area contributed by atoms with E-state index < -0.39 is 56.1 Å². The number of nitrogens with two attached hydrogens (primary N) is 1. The molecule has 0 atom stereocenters. The van der Waals surface area contributed by atoms with Gasteiger partial charge >= 0.3 is 18.4 Å². The number of nitrogens with zero attached hydrogens (tertiary/aromatic N) is 1. The van der Waals surface area contributed by atoms with Crippen LogP contribution in [0.5, 0.6) is 0 Å². The number of ether oxygens (including phenoxy) is 1. The molecule has 188 valence electrons. The van der Waals surface area contributed by atoms with Gasteiger partial charge in [-0.3, -0.25) is 0 Å². The van der Waals surface area contributed by atoms with Crippen LogP contribution in [0.2, 0.25) is 0 Å². The van der Waals surface area contributed by atoms with E-state index in [4.69, 9.17) is 10.5 Å². The predicted molar refractivity (Wildman–Crippen MR) is 107 cm³/mol. The van der Waals surface area contributed by atoms with Gasteiger partial charge in [0.2, 0.25) is 5.54 Å². The molecule has 0 radical (unpaired) electrons. The molecule has 0 bridgehead atoms. The summed E-state index contributed by atoms with van der Waals surface area (Å²) in [6.45, 7) is 4.48. The summed E-state index contributed by atoms with van der Waals surface area (Å²) in [4.78, 5) is 11.9. The van der Waals surface area contributed by atoms with Crippen molar-refractivity contribution in [1.82, 2.24) is 4.31 Å². The minimum Gasteiger partial charge on any atom is -0.443 e. The summed E-state index contributed by atoms with van der Waals surface area (Å²) < 4.78 is 113. The molecule has 1 aliphatic rings. The van der Waals surface area contributed by atoms with E-state index in [1.54, 1.807) is 0 Å². The number of alkyl halides is 6. The molecule has 1 saturated carbocycles. The van der Waals surface area contributed by atoms with Gasteiger partial charge in [0, 0.05) is 0 Å². The molecule has 2 N–H and O–H groups in total. The lowest BCUT2D eigenvalue weighted by atomic mass is 9.89. The highest BCUT2D eigenvalue weighted by molar-refractivity contribution is 7.89. The van der Waals surface area contributed by atoms with Crippen LogP contribution >= 0.6 is 0 Å². The molecule has 6 nitrogen and oxygen atoms in total. The van der Waals surface area contributed by atoms with Gasteiger partial charge in [-0.2, -0.15) is 30.6 Å². The molecule has 0 aromatic heterocycles. The van der Waals surface area contributed by atoms with E-state index in [-0.39, 0.29) is 18.9 Å². The van der Waals surface area contributed by atoms with E-state index in [0.717, 1.165) is 18.6 Å². The highest BCUT2D eigenvalue weighted by Gasteiger charge is 2.69. The van der Waals surface area contributed by atoms with Crippen LogP contribution in [0.3, 0.4) is 0 Å². The largest absolute Gasteiger partial charge is 0.443 e. The maximum absolute atomic E-state index is 13.4. The molecule has 33 heavy (non-hydrogen) atoms. The fourth-order valence-electron chi connectivity index (χ4n) is 3.57. The number of benzene rings is 1. The quantitative estimate of drug-likeness (QED) is 0.568. The topological polar surface area (TPSA) is 89.7 Å². The van der Waals surface area contributed by atoms with Gasteiger partial charge in [0.15, 0.2) is 0 Å². The maximum Gasteiger partial charge on any atom is 0.424 e. The third kappa shape index (κ3) is 5.56. The number of halogens is 6. The first-order valence-corrected chi connectivity index (χ1v) is 11.6. The van der Waals surface area contributed by atoms with Crippen molar-refractivity contribution in [2.45, 2.75) is 87.3 Å². The molecule has 0 heterocycles. The third-order valence-electron chi connectivity index (χ3n) is 5.22. The molecule has 0 unspecified atom stereocenters. The van der Waals surface area contributed by atoms with Crippen molar-refractivity contribution in [1.29, 1.82) is 0 Å². The number of hydrogen-bond acceptors (Lipinski definition) is 5. The fourth-order valence-corrected chi connectivity index (χ4v) is 5.16. The average Bonchev–Trinajstić information content (AvgIpc) is 2.65. The number of amides is 1. The van der Waals surface area contributed by atoms with Gasteiger partial charge < -0.3 is 10.5 Å². The molecule has 2 rings (SSSR count). The molecule has 13 heteroatoms. The lowest BCUT2D eigenvalue weighted by molar-refractivity contribution is -0.301. The number of carbonyl (C=O) groups is 1. The Morgan fingerprint density at radius 2 is 1.52 bits per heavy atom. The smallest absolute Gasteiger partial charge is 0.424 e. The number of sulfonamides is 1. The van der Waals surface area contributed by atoms with Crippen molar-refractivity contribution in [3.8, 4) is 0 Å². The first kappa shape index (κ1) is 27.2. The zero-order valence-electron chi connectivity index (χ0n) is 18.3. The summed E-state index contributed by atoms with van der Waals surface area (Å²) in [6.07, 6.45) is -10.7. The van der Waals surface area contributed by atoms with Gasteiger partial charge in [-0.15, -0.1) is 0 Å². The van der Waals surface area contributed by atoms with Crippen LogP contribution < -0.4 is 5.73 Å². The van der Waals surface area contributed by atoms with Crippen LogP contribution in [-0.4, -0.2) is 42.8 Å². The van der Waals surface area contributed by atoms with E-state index in [9.17, 15) is 39.6 Å². The minimum atomic E-state index is -5.97. The number of carbonyl (C=O) groups excluding carboxylic acids is 1. The Bertz CT molecular complexity index is 950. The van der Waals surface area contributed by atoms with E-state index in [1.165, 1.54) is 20.8 Å². The lowest BCUT2D eigenvalue weighted by Crippen LogP contribution is -2.60. The summed E-state index contributed by atoms with van der Waals surface area (Å²) >= 11 is 0. The number of hydrogen-bond donors (Lipinski definition) is 1. The third-order valence-corrected chi connectivity index (χ3v) is 7.04. The first-order valence-electron chi connectivity index (χ1n) is 10.1. The van der Waals surface area contributed by atoms with Crippen molar-refractivity contribution >= 4 is 16.1 Å². The Labute approximate surface area is 188 Å². The van der Waals surface area contributed by atoms with Crippen molar-refractivity contribution in [3.05, 3.63) is 29.8 Å². The second-order valence-electron chi connectivity index (χ2n) is 8.90. The summed E-state index contributed by atoms with van der Waals surface area (Å²) in [5.74, 6) is 0. The molecule has 1 aromatic rings. The van der Waals surface area contributed by atoms with Crippen LogP contribution in [0.1, 0.15) is 58.4 Å². The summed E-state index contributed by atoms with van der Waals surface area (Å²) in [5, 5.41) is 0. The molecule has 0 aliphatic heterocycles. The Hall–Kier alpha value is -2.02. The van der Waals surface area contributed by atoms with Gasteiger partial charge in [0.1, 0.15) is 5.60 Å². The summed E-state index contributed by atoms with van der Waals surface area (Å²) in [7, 11) is -4.88. The molecule has 0 spiro atoms. The van der Waals surface area contributed by atoms with Crippen molar-refractivity contribution < 1.29 is 44.3 Å². The van der Waals surface area contributed by atoms with Gasteiger partial charge in [0.05, 0.1) is 10.9 Å². The molecule has 1 fully saturated rings. The second-order valence-corrected chi connectivity index (χ2v) is 10.7. The van der Waals surface area contributed by atoms with E-state index in [2.05, 4.69) is 0 Å². The van der Waals surface area contributed by atoms with E-state index in [1.807, 2.05) is 0 Å². The normalized spacial score (nSPS) is 17.0. The maximum atomic E-state index is 13.4.